The molecule has 2 rings (SSSR count). The minimum absolute atomic E-state index is 0. The molecule has 0 radical (unpaired) electrons. The Kier molecular flexibility index (Phi) is 6.50. The van der Waals surface area contributed by atoms with E-state index in [0.29, 0.717) is 6.54 Å². The van der Waals surface area contributed by atoms with Crippen molar-refractivity contribution in [2.75, 3.05) is 13.1 Å². The van der Waals surface area contributed by atoms with Crippen molar-refractivity contribution in [2.24, 2.45) is 0 Å². The van der Waals surface area contributed by atoms with E-state index in [4.69, 9.17) is 0 Å². The first-order chi connectivity index (χ1) is 9.18. The van der Waals surface area contributed by atoms with Gasteiger partial charge in [0, 0.05) is 6.54 Å². The monoisotopic (exact) mass is 296 g/mol. The third-order valence-corrected chi connectivity index (χ3v) is 4.22. The average molecular weight is 297 g/mol. The van der Waals surface area contributed by atoms with Crippen molar-refractivity contribution in [2.45, 2.75) is 45.1 Å². The molecule has 1 atom stereocenters. The van der Waals surface area contributed by atoms with E-state index < -0.39 is 0 Å². The first kappa shape index (κ1) is 17.0. The normalized spacial score (nSPS) is 21.3. The SMILES string of the molecule is CCC1(C(=O)NCCc2ccccc2C)CCCN1.Cl. The molecule has 1 aromatic rings. The second kappa shape index (κ2) is 7.65. The van der Waals surface area contributed by atoms with Crippen LogP contribution in [0.15, 0.2) is 24.3 Å². The molecule has 0 saturated carbocycles. The number of carbonyl (C=O) groups is 1. The molecule has 0 aliphatic carbocycles. The average Bonchev–Trinajstić information content (AvgIpc) is 2.91. The number of halogens is 1. The number of hydrogen-bond acceptors (Lipinski definition) is 2. The zero-order valence-electron chi connectivity index (χ0n) is 12.4. The van der Waals surface area contributed by atoms with Gasteiger partial charge in [0.25, 0.3) is 0 Å². The van der Waals surface area contributed by atoms with Gasteiger partial charge in [0.05, 0.1) is 5.54 Å². The summed E-state index contributed by atoms with van der Waals surface area (Å²) in [6.07, 6.45) is 3.82. The molecule has 1 aromatic carbocycles. The fraction of sp³-hybridized carbons (Fsp3) is 0.562. The molecular weight excluding hydrogens is 272 g/mol. The molecule has 1 aliphatic rings. The van der Waals surface area contributed by atoms with Crippen LogP contribution in [0.2, 0.25) is 0 Å². The van der Waals surface area contributed by atoms with E-state index in [2.05, 4.69) is 42.7 Å². The van der Waals surface area contributed by atoms with Crippen LogP contribution in [0.3, 0.4) is 0 Å². The van der Waals surface area contributed by atoms with E-state index in [1.165, 1.54) is 11.1 Å². The highest BCUT2D eigenvalue weighted by Crippen LogP contribution is 2.23. The maximum Gasteiger partial charge on any atom is 0.240 e. The summed E-state index contributed by atoms with van der Waals surface area (Å²) in [5, 5.41) is 6.46. The fourth-order valence-electron chi connectivity index (χ4n) is 2.83. The van der Waals surface area contributed by atoms with E-state index >= 15 is 0 Å². The molecule has 1 heterocycles. The Morgan fingerprint density at radius 3 is 2.75 bits per heavy atom. The molecule has 1 aliphatic heterocycles. The first-order valence-corrected chi connectivity index (χ1v) is 7.26. The summed E-state index contributed by atoms with van der Waals surface area (Å²) in [6.45, 7) is 5.87. The number of rotatable bonds is 5. The highest BCUT2D eigenvalue weighted by atomic mass is 35.5. The molecule has 0 spiro atoms. The van der Waals surface area contributed by atoms with Gasteiger partial charge in [0.2, 0.25) is 5.91 Å². The van der Waals surface area contributed by atoms with Crippen LogP contribution in [-0.2, 0) is 11.2 Å². The third kappa shape index (κ3) is 3.74. The second-order valence-corrected chi connectivity index (χ2v) is 5.40. The van der Waals surface area contributed by atoms with Crippen molar-refractivity contribution < 1.29 is 4.79 Å². The molecule has 1 amide bonds. The Morgan fingerprint density at radius 1 is 1.40 bits per heavy atom. The quantitative estimate of drug-likeness (QED) is 0.877. The molecule has 0 bridgehead atoms. The number of benzene rings is 1. The van der Waals surface area contributed by atoms with Crippen LogP contribution < -0.4 is 10.6 Å². The number of nitrogens with one attached hydrogen (secondary N) is 2. The molecule has 2 N–H and O–H groups in total. The molecule has 3 nitrogen and oxygen atoms in total. The number of hydrogen-bond donors (Lipinski definition) is 2. The van der Waals surface area contributed by atoms with E-state index in [-0.39, 0.29) is 23.9 Å². The lowest BCUT2D eigenvalue weighted by Crippen LogP contribution is -2.53. The zero-order chi connectivity index (χ0) is 13.7. The fourth-order valence-corrected chi connectivity index (χ4v) is 2.83. The van der Waals surface area contributed by atoms with Gasteiger partial charge in [0.1, 0.15) is 0 Å². The van der Waals surface area contributed by atoms with Crippen molar-refractivity contribution in [3.05, 3.63) is 35.4 Å². The summed E-state index contributed by atoms with van der Waals surface area (Å²) in [7, 11) is 0. The molecule has 1 saturated heterocycles. The maximum absolute atomic E-state index is 12.3. The summed E-state index contributed by atoms with van der Waals surface area (Å²) < 4.78 is 0. The van der Waals surface area contributed by atoms with Crippen molar-refractivity contribution in [3.8, 4) is 0 Å². The van der Waals surface area contributed by atoms with Gasteiger partial charge in [-0.25, -0.2) is 0 Å². The molecular formula is C16H25ClN2O. The van der Waals surface area contributed by atoms with Gasteiger partial charge >= 0.3 is 0 Å². The van der Waals surface area contributed by atoms with Crippen molar-refractivity contribution in [1.82, 2.24) is 10.6 Å². The summed E-state index contributed by atoms with van der Waals surface area (Å²) in [5.41, 5.74) is 2.29. The van der Waals surface area contributed by atoms with Crippen molar-refractivity contribution >= 4 is 18.3 Å². The summed E-state index contributed by atoms with van der Waals surface area (Å²) in [6, 6.07) is 8.34. The van der Waals surface area contributed by atoms with E-state index in [9.17, 15) is 4.79 Å². The third-order valence-electron chi connectivity index (χ3n) is 4.22. The second-order valence-electron chi connectivity index (χ2n) is 5.40. The largest absolute Gasteiger partial charge is 0.354 e. The molecule has 1 fully saturated rings. The first-order valence-electron chi connectivity index (χ1n) is 7.26. The Labute approximate surface area is 127 Å². The highest BCUT2D eigenvalue weighted by molar-refractivity contribution is 5.86. The van der Waals surface area contributed by atoms with E-state index in [0.717, 1.165) is 32.2 Å². The van der Waals surface area contributed by atoms with E-state index in [1.807, 2.05) is 6.07 Å². The summed E-state index contributed by atoms with van der Waals surface area (Å²) in [4.78, 5) is 12.3. The molecule has 0 aromatic heterocycles. The molecule has 112 valence electrons. The topological polar surface area (TPSA) is 41.1 Å². The van der Waals surface area contributed by atoms with Crippen LogP contribution in [0.5, 0.6) is 0 Å². The van der Waals surface area contributed by atoms with Gasteiger partial charge in [-0.3, -0.25) is 4.79 Å². The molecule has 4 heteroatoms. The van der Waals surface area contributed by atoms with E-state index in [1.54, 1.807) is 0 Å². The Morgan fingerprint density at radius 2 is 2.15 bits per heavy atom. The zero-order valence-corrected chi connectivity index (χ0v) is 13.2. The van der Waals surface area contributed by atoms with Crippen molar-refractivity contribution in [3.63, 3.8) is 0 Å². The van der Waals surface area contributed by atoms with Gasteiger partial charge in [0.15, 0.2) is 0 Å². The lowest BCUT2D eigenvalue weighted by Gasteiger charge is -2.26. The van der Waals surface area contributed by atoms with Crippen LogP contribution >= 0.6 is 12.4 Å². The van der Waals surface area contributed by atoms with Crippen LogP contribution in [-0.4, -0.2) is 24.5 Å². The lowest BCUT2D eigenvalue weighted by molar-refractivity contribution is -0.127. The number of amides is 1. The highest BCUT2D eigenvalue weighted by Gasteiger charge is 2.38. The van der Waals surface area contributed by atoms with Gasteiger partial charge in [-0.1, -0.05) is 31.2 Å². The predicted octanol–water partition coefficient (Wildman–Crippen LogP) is 2.61. The van der Waals surface area contributed by atoms with Crippen LogP contribution in [0.4, 0.5) is 0 Å². The Bertz CT molecular complexity index is 442. The molecule has 1 unspecified atom stereocenters. The predicted molar refractivity (Wildman–Crippen MR) is 85.4 cm³/mol. The van der Waals surface area contributed by atoms with Crippen LogP contribution in [0.1, 0.15) is 37.3 Å². The number of aryl methyl sites for hydroxylation is 1. The Hall–Kier alpha value is -1.06. The summed E-state index contributed by atoms with van der Waals surface area (Å²) >= 11 is 0. The summed E-state index contributed by atoms with van der Waals surface area (Å²) in [5.74, 6) is 0.168. The van der Waals surface area contributed by atoms with Gasteiger partial charge in [-0.05, 0) is 50.3 Å². The van der Waals surface area contributed by atoms with Crippen LogP contribution in [0, 0.1) is 6.92 Å². The number of carbonyl (C=O) groups excluding carboxylic acids is 1. The smallest absolute Gasteiger partial charge is 0.240 e. The maximum atomic E-state index is 12.3. The minimum atomic E-state index is -0.314. The lowest BCUT2D eigenvalue weighted by atomic mass is 9.93. The van der Waals surface area contributed by atoms with Crippen molar-refractivity contribution in [1.29, 1.82) is 0 Å². The standard InChI is InChI=1S/C16H24N2O.ClH/c1-3-16(10-6-11-18-16)15(19)17-12-9-14-8-5-4-7-13(14)2;/h4-5,7-8,18H,3,6,9-12H2,1-2H3,(H,17,19);1H. The Balaban J connectivity index is 0.00000200. The minimum Gasteiger partial charge on any atom is -0.354 e. The van der Waals surface area contributed by atoms with Gasteiger partial charge in [-0.2, -0.15) is 0 Å². The van der Waals surface area contributed by atoms with Gasteiger partial charge in [-0.15, -0.1) is 12.4 Å². The van der Waals surface area contributed by atoms with Crippen LogP contribution in [0.25, 0.3) is 0 Å². The molecule has 20 heavy (non-hydrogen) atoms. The van der Waals surface area contributed by atoms with Gasteiger partial charge < -0.3 is 10.6 Å².